The van der Waals surface area contributed by atoms with Gasteiger partial charge in [-0.3, -0.25) is 9.89 Å². The molecule has 0 radical (unpaired) electrons. The SMILES string of the molecule is CCc1nc([C@H]2CN(C(=O)[C@@H]3COc4ccccc43)CCO2)n[nH]1. The summed E-state index contributed by atoms with van der Waals surface area (Å²) in [5, 5.41) is 7.11. The van der Waals surface area contributed by atoms with Crippen LogP contribution < -0.4 is 4.74 Å². The Morgan fingerprint density at radius 1 is 1.42 bits per heavy atom. The Morgan fingerprint density at radius 3 is 3.12 bits per heavy atom. The Hall–Kier alpha value is -2.41. The number of hydrogen-bond donors (Lipinski definition) is 1. The number of amides is 1. The maximum Gasteiger partial charge on any atom is 0.233 e. The summed E-state index contributed by atoms with van der Waals surface area (Å²) in [7, 11) is 0. The summed E-state index contributed by atoms with van der Waals surface area (Å²) < 4.78 is 11.4. The third kappa shape index (κ3) is 2.65. The number of aryl methyl sites for hydroxylation is 1. The van der Waals surface area contributed by atoms with Crippen LogP contribution in [0.3, 0.4) is 0 Å². The molecule has 7 nitrogen and oxygen atoms in total. The largest absolute Gasteiger partial charge is 0.492 e. The number of morpholine rings is 1. The van der Waals surface area contributed by atoms with E-state index in [-0.39, 0.29) is 17.9 Å². The number of carbonyl (C=O) groups is 1. The molecule has 1 fully saturated rings. The van der Waals surface area contributed by atoms with E-state index in [1.54, 1.807) is 0 Å². The molecule has 7 heteroatoms. The summed E-state index contributed by atoms with van der Waals surface area (Å²) in [6, 6.07) is 7.73. The van der Waals surface area contributed by atoms with Crippen molar-refractivity contribution in [3.63, 3.8) is 0 Å². The second-order valence-electron chi connectivity index (χ2n) is 6.04. The molecule has 0 bridgehead atoms. The number of carbonyl (C=O) groups excluding carboxylic acids is 1. The van der Waals surface area contributed by atoms with Crippen molar-refractivity contribution in [3.8, 4) is 5.75 Å². The second kappa shape index (κ2) is 6.24. The molecule has 0 unspecified atom stereocenters. The van der Waals surface area contributed by atoms with Gasteiger partial charge >= 0.3 is 0 Å². The summed E-state index contributed by atoms with van der Waals surface area (Å²) in [5.41, 5.74) is 0.969. The van der Waals surface area contributed by atoms with Gasteiger partial charge in [0.1, 0.15) is 30.2 Å². The molecule has 24 heavy (non-hydrogen) atoms. The van der Waals surface area contributed by atoms with E-state index >= 15 is 0 Å². The van der Waals surface area contributed by atoms with Gasteiger partial charge in [0.2, 0.25) is 5.91 Å². The number of hydrogen-bond acceptors (Lipinski definition) is 5. The molecule has 1 N–H and O–H groups in total. The summed E-state index contributed by atoms with van der Waals surface area (Å²) >= 11 is 0. The average molecular weight is 328 g/mol. The molecule has 3 heterocycles. The number of nitrogens with zero attached hydrogens (tertiary/aromatic N) is 3. The molecule has 2 aliphatic heterocycles. The third-order valence-corrected chi connectivity index (χ3v) is 4.55. The minimum absolute atomic E-state index is 0.0829. The topological polar surface area (TPSA) is 80.3 Å². The maximum absolute atomic E-state index is 12.9. The first-order valence-corrected chi connectivity index (χ1v) is 8.29. The molecule has 0 saturated carbocycles. The highest BCUT2D eigenvalue weighted by atomic mass is 16.5. The van der Waals surface area contributed by atoms with Gasteiger partial charge < -0.3 is 14.4 Å². The summed E-state index contributed by atoms with van der Waals surface area (Å²) in [6.07, 6.45) is 0.510. The summed E-state index contributed by atoms with van der Waals surface area (Å²) in [6.45, 7) is 3.96. The number of rotatable bonds is 3. The van der Waals surface area contributed by atoms with Crippen molar-refractivity contribution < 1.29 is 14.3 Å². The first-order valence-electron chi connectivity index (χ1n) is 8.29. The van der Waals surface area contributed by atoms with E-state index < -0.39 is 0 Å². The van der Waals surface area contributed by atoms with Crippen LogP contribution in [-0.4, -0.2) is 52.3 Å². The van der Waals surface area contributed by atoms with E-state index in [1.165, 1.54) is 0 Å². The minimum Gasteiger partial charge on any atom is -0.492 e. The molecule has 2 aliphatic rings. The van der Waals surface area contributed by atoms with Crippen LogP contribution in [-0.2, 0) is 16.0 Å². The predicted octanol–water partition coefficient (Wildman–Crippen LogP) is 1.44. The molecule has 0 aliphatic carbocycles. The quantitative estimate of drug-likeness (QED) is 0.922. The maximum atomic E-state index is 12.9. The molecule has 1 aromatic heterocycles. The van der Waals surface area contributed by atoms with Gasteiger partial charge in [0.15, 0.2) is 5.82 Å². The van der Waals surface area contributed by atoms with Gasteiger partial charge in [-0.2, -0.15) is 5.10 Å². The minimum atomic E-state index is -0.281. The lowest BCUT2D eigenvalue weighted by Gasteiger charge is -2.33. The van der Waals surface area contributed by atoms with Crippen molar-refractivity contribution in [3.05, 3.63) is 41.5 Å². The van der Waals surface area contributed by atoms with Crippen LogP contribution in [0.2, 0.25) is 0 Å². The predicted molar refractivity (Wildman–Crippen MR) is 85.7 cm³/mol. The number of fused-ring (bicyclic) bond motifs is 1. The Balaban J connectivity index is 1.49. The Labute approximate surface area is 140 Å². The number of nitrogens with one attached hydrogen (secondary N) is 1. The molecule has 1 aromatic carbocycles. The Kier molecular flexibility index (Phi) is 3.93. The van der Waals surface area contributed by atoms with Gasteiger partial charge in [-0.1, -0.05) is 25.1 Å². The standard InChI is InChI=1S/C17H20N4O3/c1-2-15-18-16(20-19-15)14-9-21(7-8-23-14)17(22)12-10-24-13-6-4-3-5-11(12)13/h3-6,12,14H,2,7-10H2,1H3,(H,18,19,20)/t12-,14-/m1/s1. The van der Waals surface area contributed by atoms with Crippen molar-refractivity contribution in [2.45, 2.75) is 25.4 Å². The lowest BCUT2D eigenvalue weighted by atomic mass is 9.99. The lowest BCUT2D eigenvalue weighted by molar-refractivity contribution is -0.141. The molecule has 2 atom stereocenters. The van der Waals surface area contributed by atoms with Crippen molar-refractivity contribution in [1.82, 2.24) is 20.1 Å². The van der Waals surface area contributed by atoms with Gasteiger partial charge in [-0.15, -0.1) is 0 Å². The zero-order chi connectivity index (χ0) is 16.5. The van der Waals surface area contributed by atoms with Crippen molar-refractivity contribution >= 4 is 5.91 Å². The lowest BCUT2D eigenvalue weighted by Crippen LogP contribution is -2.45. The molecular formula is C17H20N4O3. The fourth-order valence-corrected chi connectivity index (χ4v) is 3.21. The number of aromatic nitrogens is 3. The van der Waals surface area contributed by atoms with E-state index in [9.17, 15) is 4.79 Å². The highest BCUT2D eigenvalue weighted by molar-refractivity contribution is 5.85. The Bertz CT molecular complexity index is 745. The smallest absolute Gasteiger partial charge is 0.233 e. The van der Waals surface area contributed by atoms with Gasteiger partial charge in [0.05, 0.1) is 13.2 Å². The van der Waals surface area contributed by atoms with Crippen LogP contribution in [0.5, 0.6) is 5.75 Å². The normalized spacial score (nSPS) is 23.0. The second-order valence-corrected chi connectivity index (χ2v) is 6.04. The van der Waals surface area contributed by atoms with Crippen LogP contribution in [0, 0.1) is 0 Å². The molecular weight excluding hydrogens is 308 g/mol. The van der Waals surface area contributed by atoms with Crippen LogP contribution in [0.1, 0.15) is 36.2 Å². The average Bonchev–Trinajstić information content (AvgIpc) is 3.28. The van der Waals surface area contributed by atoms with Crippen LogP contribution >= 0.6 is 0 Å². The monoisotopic (exact) mass is 328 g/mol. The molecule has 4 rings (SSSR count). The molecule has 1 saturated heterocycles. The van der Waals surface area contributed by atoms with Gasteiger partial charge in [0, 0.05) is 18.5 Å². The third-order valence-electron chi connectivity index (χ3n) is 4.55. The zero-order valence-electron chi connectivity index (χ0n) is 13.6. The van der Waals surface area contributed by atoms with Crippen LogP contribution in [0.4, 0.5) is 0 Å². The number of para-hydroxylation sites is 1. The molecule has 126 valence electrons. The van der Waals surface area contributed by atoms with E-state index in [4.69, 9.17) is 9.47 Å². The summed E-state index contributed by atoms with van der Waals surface area (Å²) in [5.74, 6) is 2.10. The number of benzene rings is 1. The van der Waals surface area contributed by atoms with Gasteiger partial charge in [0.25, 0.3) is 0 Å². The molecule has 0 spiro atoms. The fourth-order valence-electron chi connectivity index (χ4n) is 3.21. The first kappa shape index (κ1) is 15.1. The van der Waals surface area contributed by atoms with Crippen molar-refractivity contribution in [1.29, 1.82) is 0 Å². The zero-order valence-corrected chi connectivity index (χ0v) is 13.6. The van der Waals surface area contributed by atoms with Crippen molar-refractivity contribution in [2.24, 2.45) is 0 Å². The number of ether oxygens (including phenoxy) is 2. The van der Waals surface area contributed by atoms with Crippen LogP contribution in [0.15, 0.2) is 24.3 Å². The van der Waals surface area contributed by atoms with Gasteiger partial charge in [-0.05, 0) is 6.07 Å². The Morgan fingerprint density at radius 2 is 2.29 bits per heavy atom. The molecule has 1 amide bonds. The summed E-state index contributed by atoms with van der Waals surface area (Å²) in [4.78, 5) is 19.2. The first-order chi connectivity index (χ1) is 11.8. The number of aromatic amines is 1. The molecule has 2 aromatic rings. The van der Waals surface area contributed by atoms with E-state index in [2.05, 4.69) is 15.2 Å². The van der Waals surface area contributed by atoms with Crippen LogP contribution in [0.25, 0.3) is 0 Å². The fraction of sp³-hybridized carbons (Fsp3) is 0.471. The highest BCUT2D eigenvalue weighted by Crippen LogP contribution is 2.35. The highest BCUT2D eigenvalue weighted by Gasteiger charge is 2.36. The number of H-pyrrole nitrogens is 1. The van der Waals surface area contributed by atoms with E-state index in [0.717, 1.165) is 23.6 Å². The van der Waals surface area contributed by atoms with Gasteiger partial charge in [-0.25, -0.2) is 4.98 Å². The van der Waals surface area contributed by atoms with E-state index in [1.807, 2.05) is 36.1 Å². The van der Waals surface area contributed by atoms with Crippen molar-refractivity contribution in [2.75, 3.05) is 26.3 Å². The van der Waals surface area contributed by atoms with E-state index in [0.29, 0.717) is 32.1 Å².